The van der Waals surface area contributed by atoms with Gasteiger partial charge in [-0.15, -0.1) is 0 Å². The van der Waals surface area contributed by atoms with Gasteiger partial charge in [-0.1, -0.05) is 0 Å². The van der Waals surface area contributed by atoms with Gasteiger partial charge in [0, 0.05) is 49.6 Å². The van der Waals surface area contributed by atoms with Gasteiger partial charge in [0.15, 0.2) is 11.4 Å². The SMILES string of the molecule is C[C@H]1[C@@H]2CCCCN1C(=O)c1c(O)c(=O)c(C(=O)NCc3c(F)cc(F)cc3F)cn12.N[C@H]1CCCCNC1=O. The Hall–Kier alpha value is -3.87. The third kappa shape index (κ3) is 5.83. The molecule has 3 aliphatic rings. The first-order valence-corrected chi connectivity index (χ1v) is 13.2. The summed E-state index contributed by atoms with van der Waals surface area (Å²) in [7, 11) is 0. The molecule has 3 amide bonds. The first kappa shape index (κ1) is 29.1. The van der Waals surface area contributed by atoms with Crippen LogP contribution in [-0.4, -0.2) is 57.5 Å². The number of hydrogen-bond acceptors (Lipinski definition) is 6. The summed E-state index contributed by atoms with van der Waals surface area (Å²) in [5, 5.41) is 15.4. The van der Waals surface area contributed by atoms with Crippen LogP contribution in [0.5, 0.6) is 5.75 Å². The van der Waals surface area contributed by atoms with Crippen molar-refractivity contribution in [2.75, 3.05) is 13.1 Å². The number of carbonyl (C=O) groups is 3. The lowest BCUT2D eigenvalue weighted by Crippen LogP contribution is -2.49. The Morgan fingerprint density at radius 3 is 2.48 bits per heavy atom. The van der Waals surface area contributed by atoms with Crippen LogP contribution in [-0.2, 0) is 11.3 Å². The molecule has 2 bridgehead atoms. The molecular weight excluding hydrogens is 531 g/mol. The van der Waals surface area contributed by atoms with Gasteiger partial charge >= 0.3 is 0 Å². The zero-order valence-electron chi connectivity index (χ0n) is 22.0. The molecule has 0 spiro atoms. The van der Waals surface area contributed by atoms with Gasteiger partial charge in [-0.2, -0.15) is 0 Å². The first-order chi connectivity index (χ1) is 19.0. The van der Waals surface area contributed by atoms with E-state index in [0.717, 1.165) is 38.6 Å². The number of nitrogens with zero attached hydrogens (tertiary/aromatic N) is 2. The Labute approximate surface area is 228 Å². The molecule has 10 nitrogen and oxygen atoms in total. The van der Waals surface area contributed by atoms with Crippen molar-refractivity contribution in [3.05, 3.63) is 62.8 Å². The van der Waals surface area contributed by atoms with Gasteiger partial charge in [-0.3, -0.25) is 19.2 Å². The van der Waals surface area contributed by atoms with Crippen LogP contribution in [0.1, 0.15) is 77.9 Å². The van der Waals surface area contributed by atoms with Crippen LogP contribution in [0, 0.1) is 17.5 Å². The lowest BCUT2D eigenvalue weighted by atomic mass is 9.99. The maximum atomic E-state index is 13.8. The third-order valence-corrected chi connectivity index (χ3v) is 7.58. The Kier molecular flexibility index (Phi) is 8.82. The van der Waals surface area contributed by atoms with E-state index < -0.39 is 58.1 Å². The van der Waals surface area contributed by atoms with E-state index in [0.29, 0.717) is 25.1 Å². The van der Waals surface area contributed by atoms with E-state index in [9.17, 15) is 37.5 Å². The molecular formula is C27H32F3N5O5. The molecule has 0 aliphatic carbocycles. The van der Waals surface area contributed by atoms with E-state index in [1.807, 2.05) is 6.92 Å². The predicted octanol–water partition coefficient (Wildman–Crippen LogP) is 2.08. The zero-order chi connectivity index (χ0) is 29.1. The van der Waals surface area contributed by atoms with Gasteiger partial charge < -0.3 is 30.9 Å². The van der Waals surface area contributed by atoms with Crippen molar-refractivity contribution >= 4 is 17.7 Å². The van der Waals surface area contributed by atoms with E-state index in [1.165, 1.54) is 10.8 Å². The van der Waals surface area contributed by atoms with Gasteiger partial charge in [0.1, 0.15) is 23.0 Å². The minimum absolute atomic E-state index is 0.00694. The van der Waals surface area contributed by atoms with Crippen LogP contribution in [0.3, 0.4) is 0 Å². The van der Waals surface area contributed by atoms with Gasteiger partial charge in [0.2, 0.25) is 11.3 Å². The van der Waals surface area contributed by atoms with Gasteiger partial charge in [-0.25, -0.2) is 13.2 Å². The number of carbonyl (C=O) groups excluding carboxylic acids is 3. The highest BCUT2D eigenvalue weighted by molar-refractivity contribution is 5.99. The number of benzene rings is 1. The molecule has 1 aromatic heterocycles. The molecule has 13 heteroatoms. The number of nitrogens with one attached hydrogen (secondary N) is 2. The Morgan fingerprint density at radius 2 is 1.77 bits per heavy atom. The third-order valence-electron chi connectivity index (χ3n) is 7.58. The number of aromatic hydroxyl groups is 1. The van der Waals surface area contributed by atoms with E-state index in [4.69, 9.17) is 5.73 Å². The second-order valence-electron chi connectivity index (χ2n) is 10.2. The summed E-state index contributed by atoms with van der Waals surface area (Å²) in [6.45, 7) is 2.55. The molecule has 2 saturated heterocycles. The van der Waals surface area contributed by atoms with E-state index in [2.05, 4.69) is 10.6 Å². The fraction of sp³-hybridized carbons (Fsp3) is 0.481. The number of pyridine rings is 1. The second kappa shape index (κ2) is 12.1. The van der Waals surface area contributed by atoms with Gasteiger partial charge in [0.05, 0.1) is 12.1 Å². The predicted molar refractivity (Wildman–Crippen MR) is 138 cm³/mol. The number of nitrogens with two attached hydrogens (primary N) is 1. The monoisotopic (exact) mass is 563 g/mol. The molecule has 4 heterocycles. The maximum Gasteiger partial charge on any atom is 0.274 e. The molecule has 2 fully saturated rings. The van der Waals surface area contributed by atoms with Crippen molar-refractivity contribution in [2.45, 2.75) is 70.1 Å². The molecule has 216 valence electrons. The number of amides is 3. The normalized spacial score (nSPS) is 22.2. The minimum Gasteiger partial charge on any atom is -0.503 e. The summed E-state index contributed by atoms with van der Waals surface area (Å²) in [6.07, 6.45) is 6.49. The van der Waals surface area contributed by atoms with E-state index >= 15 is 0 Å². The van der Waals surface area contributed by atoms with Crippen molar-refractivity contribution in [3.63, 3.8) is 0 Å². The summed E-state index contributed by atoms with van der Waals surface area (Å²) in [4.78, 5) is 50.5. The van der Waals surface area contributed by atoms with Gasteiger partial charge in [-0.05, 0) is 45.4 Å². The molecule has 1 aromatic carbocycles. The van der Waals surface area contributed by atoms with Crippen LogP contribution in [0.2, 0.25) is 0 Å². The Balaban J connectivity index is 0.000000350. The fourth-order valence-corrected chi connectivity index (χ4v) is 5.30. The lowest BCUT2D eigenvalue weighted by molar-refractivity contribution is -0.122. The Morgan fingerprint density at radius 1 is 1.10 bits per heavy atom. The highest BCUT2D eigenvalue weighted by atomic mass is 19.1. The largest absolute Gasteiger partial charge is 0.503 e. The van der Waals surface area contributed by atoms with Gasteiger partial charge in [0.25, 0.3) is 11.8 Å². The number of hydrogen-bond donors (Lipinski definition) is 4. The summed E-state index contributed by atoms with van der Waals surface area (Å²) in [5.74, 6) is -5.74. The lowest BCUT2D eigenvalue weighted by Gasteiger charge is -2.40. The van der Waals surface area contributed by atoms with Crippen molar-refractivity contribution in [1.82, 2.24) is 20.1 Å². The van der Waals surface area contributed by atoms with Crippen molar-refractivity contribution in [2.24, 2.45) is 5.73 Å². The second-order valence-corrected chi connectivity index (χ2v) is 10.2. The molecule has 40 heavy (non-hydrogen) atoms. The quantitative estimate of drug-likeness (QED) is 0.450. The highest BCUT2D eigenvalue weighted by Gasteiger charge is 2.41. The maximum absolute atomic E-state index is 13.8. The van der Waals surface area contributed by atoms with Crippen LogP contribution in [0.25, 0.3) is 0 Å². The molecule has 0 saturated carbocycles. The van der Waals surface area contributed by atoms with Crippen LogP contribution in [0.15, 0.2) is 23.1 Å². The summed E-state index contributed by atoms with van der Waals surface area (Å²) in [5.41, 5.74) is 3.22. The number of halogens is 3. The molecule has 2 aromatic rings. The number of fused-ring (bicyclic) bond motifs is 4. The first-order valence-electron chi connectivity index (χ1n) is 13.2. The summed E-state index contributed by atoms with van der Waals surface area (Å²) in [6, 6.07) is 0.278. The average molecular weight is 564 g/mol. The summed E-state index contributed by atoms with van der Waals surface area (Å²) >= 11 is 0. The average Bonchev–Trinajstić information content (AvgIpc) is 3.18. The fourth-order valence-electron chi connectivity index (χ4n) is 5.30. The van der Waals surface area contributed by atoms with E-state index in [1.54, 1.807) is 4.90 Å². The molecule has 5 rings (SSSR count). The molecule has 0 radical (unpaired) electrons. The highest BCUT2D eigenvalue weighted by Crippen LogP contribution is 2.36. The molecule has 3 atom stereocenters. The summed E-state index contributed by atoms with van der Waals surface area (Å²) < 4.78 is 42.1. The Bertz CT molecular complexity index is 1360. The van der Waals surface area contributed by atoms with Crippen LogP contribution >= 0.6 is 0 Å². The van der Waals surface area contributed by atoms with Crippen molar-refractivity contribution < 1.29 is 32.7 Å². The van der Waals surface area contributed by atoms with Crippen molar-refractivity contribution in [3.8, 4) is 5.75 Å². The van der Waals surface area contributed by atoms with Crippen LogP contribution < -0.4 is 21.8 Å². The topological polar surface area (TPSA) is 147 Å². The molecule has 0 unspecified atom stereocenters. The number of rotatable bonds is 3. The zero-order valence-corrected chi connectivity index (χ0v) is 22.0. The minimum atomic E-state index is -1.18. The molecule has 5 N–H and O–H groups in total. The standard InChI is InChI=1S/C21H20F3N3O4.C6H12N2O/c1-10-16-4-2-3-5-26(10)21(31)17-19(29)18(28)13(9-27(16)17)20(30)25-8-12-14(23)6-11(22)7-15(12)24;7-5-3-1-2-4-8-6(5)9/h6-7,9-10,16,29H,2-5,8H2,1H3,(H,25,30);5H,1-4,7H2,(H,8,9)/t10-,16-;5-/m00/s1. The van der Waals surface area contributed by atoms with E-state index in [-0.39, 0.29) is 29.7 Å². The van der Waals surface area contributed by atoms with Crippen molar-refractivity contribution in [1.29, 1.82) is 0 Å². The smallest absolute Gasteiger partial charge is 0.274 e. The number of aromatic nitrogens is 1. The van der Waals surface area contributed by atoms with Crippen LogP contribution in [0.4, 0.5) is 13.2 Å². The molecule has 3 aliphatic heterocycles.